The molecule has 1 N–H and O–H groups in total. The van der Waals surface area contributed by atoms with Gasteiger partial charge in [-0.15, -0.1) is 0 Å². The third-order valence-electron chi connectivity index (χ3n) is 3.19. The molecule has 0 unspecified atom stereocenters. The minimum Gasteiger partial charge on any atom is -0.356 e. The minimum atomic E-state index is -0.217. The van der Waals surface area contributed by atoms with E-state index in [1.807, 2.05) is 13.0 Å². The predicted molar refractivity (Wildman–Crippen MR) is 65.5 cm³/mol. The van der Waals surface area contributed by atoms with Gasteiger partial charge in [-0.1, -0.05) is 12.1 Å². The Morgan fingerprint density at radius 1 is 1.35 bits per heavy atom. The molecule has 2 aromatic rings. The first-order valence-electron chi connectivity index (χ1n) is 5.83. The summed E-state index contributed by atoms with van der Waals surface area (Å²) in [4.78, 5) is 4.49. The Kier molecular flexibility index (Phi) is 2.35. The first kappa shape index (κ1) is 10.3. The second kappa shape index (κ2) is 3.87. The van der Waals surface area contributed by atoms with Gasteiger partial charge in [0.25, 0.3) is 0 Å². The van der Waals surface area contributed by atoms with Gasteiger partial charge in [0, 0.05) is 24.3 Å². The molecule has 0 aliphatic carbocycles. The lowest BCUT2D eigenvalue weighted by Gasteiger charge is -2.16. The van der Waals surface area contributed by atoms with Crippen LogP contribution in [-0.2, 0) is 6.54 Å². The molecule has 0 fully saturated rings. The Hall–Kier alpha value is -1.84. The normalized spacial score (nSPS) is 14.2. The van der Waals surface area contributed by atoms with E-state index in [4.69, 9.17) is 0 Å². The third kappa shape index (κ3) is 1.60. The van der Waals surface area contributed by atoms with E-state index in [2.05, 4.69) is 14.9 Å². The van der Waals surface area contributed by atoms with Gasteiger partial charge in [-0.25, -0.2) is 9.37 Å². The monoisotopic (exact) mass is 231 g/mol. The number of hydrogen-bond acceptors (Lipinski definition) is 2. The summed E-state index contributed by atoms with van der Waals surface area (Å²) in [5.74, 6) is 0.637. The fourth-order valence-corrected chi connectivity index (χ4v) is 2.29. The number of halogens is 1. The van der Waals surface area contributed by atoms with E-state index in [1.165, 1.54) is 6.07 Å². The van der Waals surface area contributed by atoms with Gasteiger partial charge in [0.05, 0.1) is 5.69 Å². The highest BCUT2D eigenvalue weighted by Crippen LogP contribution is 2.29. The number of aromatic nitrogens is 2. The highest BCUT2D eigenvalue weighted by Gasteiger charge is 2.19. The van der Waals surface area contributed by atoms with Crippen molar-refractivity contribution in [3.63, 3.8) is 0 Å². The molecule has 3 nitrogen and oxygen atoms in total. The van der Waals surface area contributed by atoms with Gasteiger partial charge in [0.15, 0.2) is 0 Å². The lowest BCUT2D eigenvalue weighted by Crippen LogP contribution is -2.17. The molecule has 88 valence electrons. The van der Waals surface area contributed by atoms with E-state index in [1.54, 1.807) is 12.1 Å². The summed E-state index contributed by atoms with van der Waals surface area (Å²) >= 11 is 0. The number of nitrogens with zero attached hydrogens (tertiary/aromatic N) is 2. The summed E-state index contributed by atoms with van der Waals surface area (Å²) in [5, 5.41) is 3.24. The highest BCUT2D eigenvalue weighted by atomic mass is 19.1. The summed E-state index contributed by atoms with van der Waals surface area (Å²) in [6.45, 7) is 3.88. The molecule has 0 radical (unpaired) electrons. The molecule has 4 heteroatoms. The van der Waals surface area contributed by atoms with Crippen molar-refractivity contribution in [1.29, 1.82) is 0 Å². The molecule has 0 bridgehead atoms. The van der Waals surface area contributed by atoms with Crippen LogP contribution in [0.3, 0.4) is 0 Å². The quantitative estimate of drug-likeness (QED) is 0.817. The SMILES string of the molecule is Cc1c(-c2ccccc2F)nc2n1CCCN2. The van der Waals surface area contributed by atoms with E-state index in [0.29, 0.717) is 5.56 Å². The van der Waals surface area contributed by atoms with Crippen LogP contribution < -0.4 is 5.32 Å². The van der Waals surface area contributed by atoms with Crippen molar-refractivity contribution in [3.8, 4) is 11.3 Å². The topological polar surface area (TPSA) is 29.9 Å². The fourth-order valence-electron chi connectivity index (χ4n) is 2.29. The summed E-state index contributed by atoms with van der Waals surface area (Å²) in [6, 6.07) is 6.78. The van der Waals surface area contributed by atoms with Gasteiger partial charge in [0.1, 0.15) is 5.82 Å². The molecule has 2 heterocycles. The Morgan fingerprint density at radius 3 is 2.94 bits per heavy atom. The number of fused-ring (bicyclic) bond motifs is 1. The number of anilines is 1. The highest BCUT2D eigenvalue weighted by molar-refractivity contribution is 5.65. The molecule has 0 atom stereocenters. The van der Waals surface area contributed by atoms with Crippen LogP contribution in [0.2, 0.25) is 0 Å². The Bertz CT molecular complexity index is 560. The molecule has 1 aromatic heterocycles. The van der Waals surface area contributed by atoms with Gasteiger partial charge in [-0.05, 0) is 25.5 Å². The number of nitrogens with one attached hydrogen (secondary N) is 1. The number of imidazole rings is 1. The van der Waals surface area contributed by atoms with Crippen molar-refractivity contribution in [3.05, 3.63) is 35.8 Å². The maximum absolute atomic E-state index is 13.8. The van der Waals surface area contributed by atoms with E-state index >= 15 is 0 Å². The van der Waals surface area contributed by atoms with Crippen molar-refractivity contribution >= 4 is 5.95 Å². The smallest absolute Gasteiger partial charge is 0.203 e. The first-order valence-corrected chi connectivity index (χ1v) is 5.83. The predicted octanol–water partition coefficient (Wildman–Crippen LogP) is 2.81. The lowest BCUT2D eigenvalue weighted by atomic mass is 10.1. The van der Waals surface area contributed by atoms with Crippen LogP contribution in [-0.4, -0.2) is 16.1 Å². The number of rotatable bonds is 1. The molecule has 17 heavy (non-hydrogen) atoms. The van der Waals surface area contributed by atoms with Crippen molar-refractivity contribution in [1.82, 2.24) is 9.55 Å². The molecule has 0 spiro atoms. The summed E-state index contributed by atoms with van der Waals surface area (Å²) in [6.07, 6.45) is 1.08. The van der Waals surface area contributed by atoms with Crippen LogP contribution in [0.25, 0.3) is 11.3 Å². The second-order valence-electron chi connectivity index (χ2n) is 4.28. The summed E-state index contributed by atoms with van der Waals surface area (Å²) in [7, 11) is 0. The molecule has 1 aliphatic rings. The number of benzene rings is 1. The largest absolute Gasteiger partial charge is 0.356 e. The van der Waals surface area contributed by atoms with Crippen molar-refractivity contribution in [2.45, 2.75) is 19.9 Å². The maximum atomic E-state index is 13.8. The standard InChI is InChI=1S/C13H14FN3/c1-9-12(10-5-2-3-6-11(10)14)16-13-15-7-4-8-17(9)13/h2-3,5-6H,4,7-8H2,1H3,(H,15,16). The van der Waals surface area contributed by atoms with Gasteiger partial charge in [-0.2, -0.15) is 0 Å². The molecule has 3 rings (SSSR count). The minimum absolute atomic E-state index is 0.217. The van der Waals surface area contributed by atoms with Crippen LogP contribution in [0.5, 0.6) is 0 Å². The van der Waals surface area contributed by atoms with Crippen LogP contribution in [0.1, 0.15) is 12.1 Å². The Balaban J connectivity index is 2.16. The fraction of sp³-hybridized carbons (Fsp3) is 0.308. The van der Waals surface area contributed by atoms with Crippen LogP contribution in [0.4, 0.5) is 10.3 Å². The number of hydrogen-bond donors (Lipinski definition) is 1. The maximum Gasteiger partial charge on any atom is 0.203 e. The van der Waals surface area contributed by atoms with Crippen LogP contribution in [0, 0.1) is 12.7 Å². The van der Waals surface area contributed by atoms with Gasteiger partial charge in [0.2, 0.25) is 5.95 Å². The first-order chi connectivity index (χ1) is 8.27. The lowest BCUT2D eigenvalue weighted by molar-refractivity contribution is 0.614. The molecule has 1 aliphatic heterocycles. The van der Waals surface area contributed by atoms with Crippen molar-refractivity contribution in [2.75, 3.05) is 11.9 Å². The summed E-state index contributed by atoms with van der Waals surface area (Å²) in [5.41, 5.74) is 2.35. The Morgan fingerprint density at radius 2 is 2.18 bits per heavy atom. The third-order valence-corrected chi connectivity index (χ3v) is 3.19. The van der Waals surface area contributed by atoms with Gasteiger partial charge < -0.3 is 9.88 Å². The summed E-state index contributed by atoms with van der Waals surface area (Å²) < 4.78 is 15.9. The van der Waals surface area contributed by atoms with E-state index < -0.39 is 0 Å². The Labute approximate surface area is 99.3 Å². The zero-order chi connectivity index (χ0) is 11.8. The zero-order valence-electron chi connectivity index (χ0n) is 9.70. The van der Waals surface area contributed by atoms with Gasteiger partial charge in [-0.3, -0.25) is 0 Å². The second-order valence-corrected chi connectivity index (χ2v) is 4.28. The van der Waals surface area contributed by atoms with Crippen molar-refractivity contribution in [2.24, 2.45) is 0 Å². The average Bonchev–Trinajstić information content (AvgIpc) is 2.68. The van der Waals surface area contributed by atoms with E-state index in [0.717, 1.165) is 36.8 Å². The van der Waals surface area contributed by atoms with E-state index in [-0.39, 0.29) is 5.82 Å². The van der Waals surface area contributed by atoms with Crippen LogP contribution in [0.15, 0.2) is 24.3 Å². The average molecular weight is 231 g/mol. The molecule has 1 aromatic carbocycles. The molecular formula is C13H14FN3. The van der Waals surface area contributed by atoms with Crippen LogP contribution >= 0.6 is 0 Å². The molecule has 0 saturated carbocycles. The zero-order valence-corrected chi connectivity index (χ0v) is 9.70. The van der Waals surface area contributed by atoms with Gasteiger partial charge >= 0.3 is 0 Å². The molecular weight excluding hydrogens is 217 g/mol. The van der Waals surface area contributed by atoms with Crippen molar-refractivity contribution < 1.29 is 4.39 Å². The van der Waals surface area contributed by atoms with E-state index in [9.17, 15) is 4.39 Å². The molecule has 0 saturated heterocycles. The molecule has 0 amide bonds.